The highest BCUT2D eigenvalue weighted by atomic mass is 32.2. The Labute approximate surface area is 166 Å². The molecule has 0 aliphatic heterocycles. The average Bonchev–Trinajstić information content (AvgIpc) is 2.69. The number of nitrogens with zero attached hydrogens (tertiary/aromatic N) is 1. The molecule has 1 amide bonds. The van der Waals surface area contributed by atoms with Crippen LogP contribution in [-0.2, 0) is 24.4 Å². The van der Waals surface area contributed by atoms with E-state index in [1.165, 1.54) is 38.4 Å². The van der Waals surface area contributed by atoms with Crippen molar-refractivity contribution in [3.8, 4) is 0 Å². The number of sulfonamides is 1. The summed E-state index contributed by atoms with van der Waals surface area (Å²) in [6.45, 7) is 3.88. The number of nitrogens with one attached hydrogen (secondary N) is 1. The summed E-state index contributed by atoms with van der Waals surface area (Å²) in [5.41, 5.74) is 0.0398. The molecule has 1 saturated carbocycles. The molecule has 1 aromatic carbocycles. The second kappa shape index (κ2) is 9.49. The molecule has 8 nitrogen and oxygen atoms in total. The Morgan fingerprint density at radius 1 is 1.25 bits per heavy atom. The highest BCUT2D eigenvalue weighted by Gasteiger charge is 2.28. The summed E-state index contributed by atoms with van der Waals surface area (Å²) in [7, 11) is -1.41. The van der Waals surface area contributed by atoms with Gasteiger partial charge in [0.2, 0.25) is 0 Å². The lowest BCUT2D eigenvalue weighted by Gasteiger charge is -2.34. The first kappa shape index (κ1) is 22.3. The van der Waals surface area contributed by atoms with Crippen molar-refractivity contribution in [2.45, 2.75) is 44.0 Å². The van der Waals surface area contributed by atoms with Crippen molar-refractivity contribution in [1.82, 2.24) is 9.79 Å². The van der Waals surface area contributed by atoms with E-state index in [1.807, 2.05) is 0 Å². The zero-order valence-corrected chi connectivity index (χ0v) is 17.5. The fraction of sp³-hybridized carbons (Fsp3) is 0.579. The Hall–Kier alpha value is -1.97. The lowest BCUT2D eigenvalue weighted by molar-refractivity contribution is -0.125. The smallest absolute Gasteiger partial charge is 0.338 e. The van der Waals surface area contributed by atoms with Crippen LogP contribution >= 0.6 is 0 Å². The maximum Gasteiger partial charge on any atom is 0.338 e. The maximum atomic E-state index is 12.3. The van der Waals surface area contributed by atoms with E-state index in [9.17, 15) is 18.0 Å². The number of amides is 1. The van der Waals surface area contributed by atoms with Crippen LogP contribution in [0.1, 0.15) is 43.5 Å². The van der Waals surface area contributed by atoms with Gasteiger partial charge < -0.3 is 10.1 Å². The van der Waals surface area contributed by atoms with Gasteiger partial charge in [-0.15, -0.1) is 0 Å². The maximum absolute atomic E-state index is 12.3. The summed E-state index contributed by atoms with van der Waals surface area (Å²) in [4.78, 5) is 29.0. The number of hydrogen-bond acceptors (Lipinski definition) is 6. The van der Waals surface area contributed by atoms with E-state index in [0.29, 0.717) is 16.3 Å². The molecule has 1 aliphatic rings. The van der Waals surface area contributed by atoms with E-state index in [0.717, 1.165) is 19.3 Å². The monoisotopic (exact) mass is 412 g/mol. The molecule has 0 saturated heterocycles. The molecule has 1 fully saturated rings. The van der Waals surface area contributed by atoms with Gasteiger partial charge in [0.25, 0.3) is 15.9 Å². The summed E-state index contributed by atoms with van der Waals surface area (Å²) in [6, 6.07) is 5.47. The van der Waals surface area contributed by atoms with E-state index in [2.05, 4.69) is 19.2 Å². The number of carbonyl (C=O) groups excluding carboxylic acids is 2. The third kappa shape index (κ3) is 5.30. The molecule has 0 spiro atoms. The highest BCUT2D eigenvalue weighted by Crippen LogP contribution is 2.29. The molecule has 0 aromatic heterocycles. The van der Waals surface area contributed by atoms with Gasteiger partial charge in [0.05, 0.1) is 17.6 Å². The third-order valence-electron chi connectivity index (χ3n) is 5.35. The second-order valence-electron chi connectivity index (χ2n) is 7.14. The van der Waals surface area contributed by atoms with Gasteiger partial charge in [-0.3, -0.25) is 9.63 Å². The van der Waals surface area contributed by atoms with Crippen LogP contribution in [0.2, 0.25) is 0 Å². The van der Waals surface area contributed by atoms with Crippen molar-refractivity contribution >= 4 is 21.9 Å². The van der Waals surface area contributed by atoms with Crippen molar-refractivity contribution < 1.29 is 27.6 Å². The summed E-state index contributed by atoms with van der Waals surface area (Å²) in [5.74, 6) is -0.218. The van der Waals surface area contributed by atoms with Crippen molar-refractivity contribution in [2.24, 2.45) is 11.8 Å². The molecule has 28 heavy (non-hydrogen) atoms. The number of hydrogen-bond donors (Lipinski definition) is 1. The van der Waals surface area contributed by atoms with Crippen molar-refractivity contribution in [2.75, 3.05) is 20.8 Å². The Kier molecular flexibility index (Phi) is 7.56. The first-order valence-corrected chi connectivity index (χ1v) is 10.7. The predicted octanol–water partition coefficient (Wildman–Crippen LogP) is 1.97. The van der Waals surface area contributed by atoms with Crippen LogP contribution < -0.4 is 5.32 Å². The zero-order valence-electron chi connectivity index (χ0n) is 16.7. The molecule has 3 atom stereocenters. The largest absolute Gasteiger partial charge is 0.452 e. The van der Waals surface area contributed by atoms with Gasteiger partial charge in [0, 0.05) is 13.1 Å². The highest BCUT2D eigenvalue weighted by molar-refractivity contribution is 7.89. The van der Waals surface area contributed by atoms with Crippen LogP contribution in [0.3, 0.4) is 0 Å². The number of carbonyl (C=O) groups is 2. The Morgan fingerprint density at radius 3 is 2.64 bits per heavy atom. The van der Waals surface area contributed by atoms with E-state index in [4.69, 9.17) is 9.57 Å². The number of benzene rings is 1. The minimum absolute atomic E-state index is 0.0398. The zero-order chi connectivity index (χ0) is 20.9. The normalized spacial score (nSPS) is 22.7. The van der Waals surface area contributed by atoms with Gasteiger partial charge in [-0.25, -0.2) is 13.2 Å². The summed E-state index contributed by atoms with van der Waals surface area (Å²) in [5, 5.41) is 2.93. The van der Waals surface area contributed by atoms with Crippen LogP contribution in [0.25, 0.3) is 0 Å². The third-order valence-corrected chi connectivity index (χ3v) is 7.03. The Bertz CT molecular complexity index is 810. The fourth-order valence-corrected chi connectivity index (χ4v) is 4.30. The van der Waals surface area contributed by atoms with Crippen molar-refractivity contribution in [1.29, 1.82) is 0 Å². The van der Waals surface area contributed by atoms with Crippen LogP contribution in [-0.4, -0.2) is 51.6 Å². The summed E-state index contributed by atoms with van der Waals surface area (Å²) < 4.78 is 30.3. The molecular weight excluding hydrogens is 384 g/mol. The first-order chi connectivity index (χ1) is 13.2. The van der Waals surface area contributed by atoms with Gasteiger partial charge in [-0.05, 0) is 36.5 Å². The van der Waals surface area contributed by atoms with Crippen LogP contribution in [0.5, 0.6) is 0 Å². The first-order valence-electron chi connectivity index (χ1n) is 9.26. The second-order valence-corrected chi connectivity index (χ2v) is 9.08. The topological polar surface area (TPSA) is 102 Å². The molecule has 9 heteroatoms. The quantitative estimate of drug-likeness (QED) is 0.543. The Balaban J connectivity index is 1.96. The van der Waals surface area contributed by atoms with Gasteiger partial charge in [-0.1, -0.05) is 37.2 Å². The van der Waals surface area contributed by atoms with Gasteiger partial charge in [0.15, 0.2) is 6.61 Å². The number of ether oxygens (including phenoxy) is 1. The van der Waals surface area contributed by atoms with Crippen LogP contribution in [0.4, 0.5) is 0 Å². The molecule has 1 aromatic rings. The standard InChI is InChI=1S/C19H28N2O6S/c1-13-7-5-10-17(14(13)2)20-18(22)12-27-19(23)15-8-6-9-16(11-15)28(24,25)21(3)26-4/h6,8-9,11,13-14,17H,5,7,10,12H2,1-4H3,(H,20,22)/t13-,14+,17+/m0/s1. The van der Waals surface area contributed by atoms with E-state index < -0.39 is 22.6 Å². The molecule has 0 heterocycles. The number of rotatable bonds is 7. The minimum Gasteiger partial charge on any atom is -0.452 e. The molecule has 1 aliphatic carbocycles. The Morgan fingerprint density at radius 2 is 1.96 bits per heavy atom. The average molecular weight is 413 g/mol. The molecule has 0 unspecified atom stereocenters. The van der Waals surface area contributed by atoms with Gasteiger partial charge in [-0.2, -0.15) is 0 Å². The van der Waals surface area contributed by atoms with E-state index in [1.54, 1.807) is 0 Å². The predicted molar refractivity (Wildman–Crippen MR) is 103 cm³/mol. The summed E-state index contributed by atoms with van der Waals surface area (Å²) in [6.07, 6.45) is 3.13. The van der Waals surface area contributed by atoms with Gasteiger partial charge >= 0.3 is 5.97 Å². The lowest BCUT2D eigenvalue weighted by Crippen LogP contribution is -2.45. The van der Waals surface area contributed by atoms with E-state index >= 15 is 0 Å². The number of hydroxylamine groups is 1. The fourth-order valence-electron chi connectivity index (χ4n) is 3.28. The van der Waals surface area contributed by atoms with E-state index in [-0.39, 0.29) is 22.4 Å². The molecule has 0 bridgehead atoms. The SMILES string of the molecule is CON(C)S(=O)(=O)c1cccc(C(=O)OCC(=O)N[C@@H]2CCC[C@H](C)[C@H]2C)c1. The number of esters is 1. The molecule has 1 N–H and O–H groups in total. The summed E-state index contributed by atoms with van der Waals surface area (Å²) >= 11 is 0. The van der Waals surface area contributed by atoms with Crippen LogP contribution in [0, 0.1) is 11.8 Å². The molecule has 156 valence electrons. The van der Waals surface area contributed by atoms with Crippen LogP contribution in [0.15, 0.2) is 29.2 Å². The van der Waals surface area contributed by atoms with Crippen molar-refractivity contribution in [3.63, 3.8) is 0 Å². The molecule has 2 rings (SSSR count). The molecule has 0 radical (unpaired) electrons. The van der Waals surface area contributed by atoms with Gasteiger partial charge in [0.1, 0.15) is 0 Å². The minimum atomic E-state index is -3.88. The van der Waals surface area contributed by atoms with Crippen molar-refractivity contribution in [3.05, 3.63) is 29.8 Å². The molecular formula is C19H28N2O6S. The lowest BCUT2D eigenvalue weighted by atomic mass is 9.78.